The van der Waals surface area contributed by atoms with Crippen molar-refractivity contribution in [3.63, 3.8) is 0 Å². The Bertz CT molecular complexity index is 830. The van der Waals surface area contributed by atoms with E-state index in [1.54, 1.807) is 7.11 Å². The van der Waals surface area contributed by atoms with Gasteiger partial charge in [-0.15, -0.1) is 0 Å². The van der Waals surface area contributed by atoms with Gasteiger partial charge in [-0.2, -0.15) is 0 Å². The molecule has 0 unspecified atom stereocenters. The van der Waals surface area contributed by atoms with Crippen LogP contribution in [0.5, 0.6) is 0 Å². The van der Waals surface area contributed by atoms with Gasteiger partial charge >= 0.3 is 0 Å². The molecule has 2 amide bonds. The Morgan fingerprint density at radius 1 is 1.10 bits per heavy atom. The van der Waals surface area contributed by atoms with Gasteiger partial charge in [0, 0.05) is 50.5 Å². The summed E-state index contributed by atoms with van der Waals surface area (Å²) in [6, 6.07) is 9.40. The van der Waals surface area contributed by atoms with Crippen LogP contribution in [0.1, 0.15) is 40.5 Å². The number of pyridine rings is 1. The molecule has 1 fully saturated rings. The van der Waals surface area contributed by atoms with E-state index in [0.29, 0.717) is 30.0 Å². The number of carbonyl (C=O) groups excluding carboxylic acids is 2. The molecule has 1 aliphatic heterocycles. The maximum Gasteiger partial charge on any atom is 0.257 e. The van der Waals surface area contributed by atoms with Gasteiger partial charge in [-0.3, -0.25) is 14.6 Å². The Kier molecular flexibility index (Phi) is 7.19. The molecule has 0 saturated carbocycles. The van der Waals surface area contributed by atoms with Crippen molar-refractivity contribution >= 4 is 23.2 Å². The molecule has 29 heavy (non-hydrogen) atoms. The monoisotopic (exact) mass is 396 g/mol. The summed E-state index contributed by atoms with van der Waals surface area (Å²) in [5.74, 6) is 0.198. The largest absolute Gasteiger partial charge is 0.383 e. The molecule has 1 aromatic heterocycles. The van der Waals surface area contributed by atoms with Crippen molar-refractivity contribution in [1.29, 1.82) is 0 Å². The van der Waals surface area contributed by atoms with Gasteiger partial charge in [-0.05, 0) is 49.1 Å². The molecule has 1 aliphatic rings. The quantitative estimate of drug-likeness (QED) is 0.703. The van der Waals surface area contributed by atoms with Crippen molar-refractivity contribution in [1.82, 2.24) is 10.3 Å². The molecule has 7 heteroatoms. The third-order valence-electron chi connectivity index (χ3n) is 5.13. The number of amides is 2. The minimum atomic E-state index is -0.302. The number of nitrogens with zero attached hydrogens (tertiary/aromatic N) is 2. The second-order valence-electron chi connectivity index (χ2n) is 7.38. The summed E-state index contributed by atoms with van der Waals surface area (Å²) in [5.41, 5.74) is 2.55. The van der Waals surface area contributed by atoms with Crippen LogP contribution < -0.4 is 15.5 Å². The number of aromatic nitrogens is 1. The predicted molar refractivity (Wildman–Crippen MR) is 113 cm³/mol. The highest BCUT2D eigenvalue weighted by Gasteiger charge is 2.16. The lowest BCUT2D eigenvalue weighted by molar-refractivity contribution is 0.0936. The van der Waals surface area contributed by atoms with E-state index >= 15 is 0 Å². The highest BCUT2D eigenvalue weighted by Crippen LogP contribution is 2.24. The molecule has 3 rings (SSSR count). The summed E-state index contributed by atoms with van der Waals surface area (Å²) in [7, 11) is 1.57. The van der Waals surface area contributed by atoms with Gasteiger partial charge in [0.2, 0.25) is 0 Å². The van der Waals surface area contributed by atoms with Crippen molar-refractivity contribution in [2.24, 2.45) is 5.92 Å². The Labute approximate surface area is 171 Å². The van der Waals surface area contributed by atoms with Crippen LogP contribution in [0, 0.1) is 5.92 Å². The fraction of sp³-hybridized carbons (Fsp3) is 0.409. The summed E-state index contributed by atoms with van der Waals surface area (Å²) in [4.78, 5) is 31.1. The van der Waals surface area contributed by atoms with E-state index in [2.05, 4.69) is 27.4 Å². The SMILES string of the molecule is COCCNC(=O)c1cncc(C(=O)Nc2ccc(N3CCC(C)CC3)cc2)c1. The van der Waals surface area contributed by atoms with Gasteiger partial charge < -0.3 is 20.3 Å². The molecule has 0 atom stereocenters. The Morgan fingerprint density at radius 2 is 1.76 bits per heavy atom. The zero-order valence-corrected chi connectivity index (χ0v) is 17.0. The maximum atomic E-state index is 12.6. The van der Waals surface area contributed by atoms with E-state index in [9.17, 15) is 9.59 Å². The standard InChI is InChI=1S/C22H28N4O3/c1-16-7-10-26(11-8-16)20-5-3-19(4-6-20)25-22(28)18-13-17(14-23-15-18)21(27)24-9-12-29-2/h3-6,13-16H,7-12H2,1-2H3,(H,24,27)(H,25,28). The molecule has 2 heterocycles. The Balaban J connectivity index is 1.60. The first-order valence-electron chi connectivity index (χ1n) is 9.95. The van der Waals surface area contributed by atoms with Crippen LogP contribution in [-0.2, 0) is 4.74 Å². The Hall–Kier alpha value is -2.93. The molecule has 1 aromatic carbocycles. The fourth-order valence-electron chi connectivity index (χ4n) is 3.28. The number of anilines is 2. The lowest BCUT2D eigenvalue weighted by Crippen LogP contribution is -2.32. The number of nitrogens with one attached hydrogen (secondary N) is 2. The minimum absolute atomic E-state index is 0.288. The van der Waals surface area contributed by atoms with Crippen molar-refractivity contribution in [2.75, 3.05) is 43.6 Å². The van der Waals surface area contributed by atoms with E-state index in [0.717, 1.165) is 19.0 Å². The summed E-state index contributed by atoms with van der Waals surface area (Å²) in [6.45, 7) is 5.25. The topological polar surface area (TPSA) is 83.6 Å². The zero-order chi connectivity index (χ0) is 20.6. The first-order chi connectivity index (χ1) is 14.1. The third-order valence-corrected chi connectivity index (χ3v) is 5.13. The van der Waals surface area contributed by atoms with Gasteiger partial charge in [0.05, 0.1) is 17.7 Å². The Morgan fingerprint density at radius 3 is 2.41 bits per heavy atom. The van der Waals surface area contributed by atoms with Crippen LogP contribution in [0.3, 0.4) is 0 Å². The van der Waals surface area contributed by atoms with E-state index in [1.807, 2.05) is 24.3 Å². The maximum absolute atomic E-state index is 12.6. The lowest BCUT2D eigenvalue weighted by Gasteiger charge is -2.32. The molecule has 154 valence electrons. The molecule has 1 saturated heterocycles. The number of ether oxygens (including phenoxy) is 1. The van der Waals surface area contributed by atoms with Gasteiger partial charge in [-0.1, -0.05) is 6.92 Å². The van der Waals surface area contributed by atoms with Crippen molar-refractivity contribution in [3.05, 3.63) is 53.9 Å². The van der Waals surface area contributed by atoms with E-state index in [-0.39, 0.29) is 11.8 Å². The number of methoxy groups -OCH3 is 1. The summed E-state index contributed by atoms with van der Waals surface area (Å²) in [5, 5.41) is 5.58. The molecular formula is C22H28N4O3. The molecule has 0 bridgehead atoms. The molecular weight excluding hydrogens is 368 g/mol. The average molecular weight is 396 g/mol. The second-order valence-corrected chi connectivity index (χ2v) is 7.38. The van der Waals surface area contributed by atoms with Gasteiger partial charge in [0.15, 0.2) is 0 Å². The van der Waals surface area contributed by atoms with Crippen LogP contribution in [0.15, 0.2) is 42.7 Å². The highest BCUT2D eigenvalue weighted by atomic mass is 16.5. The van der Waals surface area contributed by atoms with Gasteiger partial charge in [-0.25, -0.2) is 0 Å². The van der Waals surface area contributed by atoms with E-state index in [4.69, 9.17) is 4.74 Å². The molecule has 2 N–H and O–H groups in total. The molecule has 0 spiro atoms. The molecule has 7 nitrogen and oxygen atoms in total. The van der Waals surface area contributed by atoms with Crippen LogP contribution in [0.4, 0.5) is 11.4 Å². The lowest BCUT2D eigenvalue weighted by atomic mass is 9.99. The fourth-order valence-corrected chi connectivity index (χ4v) is 3.28. The van der Waals surface area contributed by atoms with Crippen LogP contribution >= 0.6 is 0 Å². The minimum Gasteiger partial charge on any atom is -0.383 e. The van der Waals surface area contributed by atoms with Crippen molar-refractivity contribution < 1.29 is 14.3 Å². The first-order valence-corrected chi connectivity index (χ1v) is 9.95. The summed E-state index contributed by atoms with van der Waals surface area (Å²) >= 11 is 0. The average Bonchev–Trinajstić information content (AvgIpc) is 2.75. The number of hydrogen-bond acceptors (Lipinski definition) is 5. The van der Waals surface area contributed by atoms with E-state index in [1.165, 1.54) is 37.0 Å². The number of carbonyl (C=O) groups is 2. The summed E-state index contributed by atoms with van der Waals surface area (Å²) in [6.07, 6.45) is 5.31. The molecule has 2 aromatic rings. The van der Waals surface area contributed by atoms with Crippen LogP contribution in [0.2, 0.25) is 0 Å². The second kappa shape index (κ2) is 10.0. The van der Waals surface area contributed by atoms with Crippen LogP contribution in [0.25, 0.3) is 0 Å². The van der Waals surface area contributed by atoms with Gasteiger partial charge in [0.1, 0.15) is 0 Å². The zero-order valence-electron chi connectivity index (χ0n) is 17.0. The van der Waals surface area contributed by atoms with Crippen LogP contribution in [-0.4, -0.2) is 50.1 Å². The number of benzene rings is 1. The molecule has 0 radical (unpaired) electrons. The van der Waals surface area contributed by atoms with Crippen molar-refractivity contribution in [2.45, 2.75) is 19.8 Å². The first kappa shape index (κ1) is 20.8. The number of hydrogen-bond donors (Lipinski definition) is 2. The molecule has 0 aliphatic carbocycles. The van der Waals surface area contributed by atoms with Gasteiger partial charge in [0.25, 0.3) is 11.8 Å². The highest BCUT2D eigenvalue weighted by molar-refractivity contribution is 6.05. The smallest absolute Gasteiger partial charge is 0.257 e. The normalized spacial score (nSPS) is 14.5. The summed E-state index contributed by atoms with van der Waals surface area (Å²) < 4.78 is 4.91. The third kappa shape index (κ3) is 5.77. The predicted octanol–water partition coefficient (Wildman–Crippen LogP) is 2.95. The van der Waals surface area contributed by atoms with Crippen molar-refractivity contribution in [3.8, 4) is 0 Å². The van der Waals surface area contributed by atoms with E-state index < -0.39 is 0 Å². The number of rotatable bonds is 7. The number of piperidine rings is 1.